The number of likely N-dealkylation sites (tertiary alicyclic amines) is 3. The standard InChI is InChI=1S/C12H13N.C8H15N.2C7H15N.C5H11N.C4H10N2.2C4H10/c1-9(2)10-5-3-7-12-11(10)6-4-8-13-12;1-6(2)9-4-7-3-8(7)5-9;1-7(2,3)8-5-4-6-8;1-7(2)8-5-3-4-6-8;1-2-4-6-5-3-1;1-2-6-4-3-5-1;2*1-4(2)3/h3-9H,1-2H3;6-8H,3-5H2,1-2H3;4-6H2,1-3H3;7H,3-6H2,1-2H3;6H,1-5H2;5-6H,1-4H2;2*4H,1-3H3. The fraction of sp³-hybridized carbons (Fsp3) is 0.824. The summed E-state index contributed by atoms with van der Waals surface area (Å²) in [6.45, 7) is 48.5. The van der Waals surface area contributed by atoms with E-state index in [4.69, 9.17) is 0 Å². The van der Waals surface area contributed by atoms with Crippen LogP contribution in [0.4, 0.5) is 0 Å². The SMILES string of the molecule is C1CCNCC1.C1CNCCN1.CC(C)(C)N1CCC1.CC(C)C.CC(C)C.CC(C)N1CC2CC2C1.CC(C)N1CCCC1.CC(C)c1cccc2ncccc12. The molecule has 8 rings (SSSR count). The highest BCUT2D eigenvalue weighted by atomic mass is 15.2. The molecule has 5 saturated heterocycles. The molecule has 6 fully saturated rings. The predicted molar refractivity (Wildman–Crippen MR) is 260 cm³/mol. The van der Waals surface area contributed by atoms with Crippen molar-refractivity contribution in [1.29, 1.82) is 0 Å². The minimum absolute atomic E-state index is 0.429. The van der Waals surface area contributed by atoms with Crippen LogP contribution in [0.25, 0.3) is 10.9 Å². The Hall–Kier alpha value is -1.61. The van der Waals surface area contributed by atoms with Crippen molar-refractivity contribution in [3.63, 3.8) is 0 Å². The summed E-state index contributed by atoms with van der Waals surface area (Å²) in [5.41, 5.74) is 2.90. The van der Waals surface area contributed by atoms with Crippen LogP contribution in [0.2, 0.25) is 0 Å². The van der Waals surface area contributed by atoms with E-state index in [0.717, 1.165) is 67.5 Å². The predicted octanol–water partition coefficient (Wildman–Crippen LogP) is 10.9. The average molecular weight is 810 g/mol. The van der Waals surface area contributed by atoms with Crippen molar-refractivity contribution in [2.45, 2.75) is 172 Å². The van der Waals surface area contributed by atoms with E-state index in [9.17, 15) is 0 Å². The zero-order valence-corrected chi connectivity index (χ0v) is 41.2. The number of hydrogen-bond donors (Lipinski definition) is 3. The number of piperazine rings is 1. The molecule has 6 aliphatic rings. The lowest BCUT2D eigenvalue weighted by Crippen LogP contribution is -2.49. The van der Waals surface area contributed by atoms with Gasteiger partial charge < -0.3 is 25.8 Å². The molecular weight excluding hydrogens is 711 g/mol. The maximum absolute atomic E-state index is 4.32. The van der Waals surface area contributed by atoms with Crippen molar-refractivity contribution < 1.29 is 0 Å². The van der Waals surface area contributed by atoms with Gasteiger partial charge in [-0.05, 0) is 174 Å². The third kappa shape index (κ3) is 26.6. The van der Waals surface area contributed by atoms with E-state index in [1.165, 1.54) is 108 Å². The minimum atomic E-state index is 0.429. The van der Waals surface area contributed by atoms with Crippen LogP contribution in [-0.2, 0) is 0 Å². The zero-order valence-electron chi connectivity index (χ0n) is 41.2. The fourth-order valence-corrected chi connectivity index (χ4v) is 7.14. The molecule has 0 spiro atoms. The molecule has 58 heavy (non-hydrogen) atoms. The Bertz CT molecular complexity index is 1170. The second-order valence-electron chi connectivity index (χ2n) is 20.5. The Balaban J connectivity index is 0.000000341. The molecule has 2 aromatic rings. The summed E-state index contributed by atoms with van der Waals surface area (Å²) in [5, 5.41) is 11.0. The van der Waals surface area contributed by atoms with E-state index in [1.54, 1.807) is 0 Å². The molecule has 338 valence electrons. The molecule has 2 unspecified atom stereocenters. The summed E-state index contributed by atoms with van der Waals surface area (Å²) >= 11 is 0. The molecule has 0 radical (unpaired) electrons. The maximum atomic E-state index is 4.32. The molecule has 1 aromatic carbocycles. The molecule has 7 heteroatoms. The number of hydrogen-bond acceptors (Lipinski definition) is 7. The molecule has 1 aliphatic carbocycles. The van der Waals surface area contributed by atoms with Gasteiger partial charge in [0.05, 0.1) is 5.52 Å². The van der Waals surface area contributed by atoms with Crippen LogP contribution in [0.15, 0.2) is 36.5 Å². The molecular formula is C51H99N7. The first kappa shape index (κ1) is 54.4. The second kappa shape index (κ2) is 31.3. The molecule has 3 N–H and O–H groups in total. The summed E-state index contributed by atoms with van der Waals surface area (Å²) in [6, 6.07) is 12.0. The normalized spacial score (nSPS) is 21.4. The van der Waals surface area contributed by atoms with Crippen molar-refractivity contribution in [2.24, 2.45) is 23.7 Å². The molecule has 2 atom stereocenters. The number of piperidine rings is 2. The number of nitrogens with zero attached hydrogens (tertiary/aromatic N) is 4. The molecule has 0 bridgehead atoms. The van der Waals surface area contributed by atoms with Crippen LogP contribution in [0.1, 0.15) is 160 Å². The van der Waals surface area contributed by atoms with Crippen LogP contribution < -0.4 is 16.0 Å². The zero-order chi connectivity index (χ0) is 43.5. The largest absolute Gasteiger partial charge is 0.317 e. The first-order chi connectivity index (χ1) is 27.4. The van der Waals surface area contributed by atoms with Gasteiger partial charge in [0, 0.05) is 68.5 Å². The van der Waals surface area contributed by atoms with Gasteiger partial charge in [0.1, 0.15) is 0 Å². The summed E-state index contributed by atoms with van der Waals surface area (Å²) < 4.78 is 0. The number of fused-ring (bicyclic) bond motifs is 2. The lowest BCUT2D eigenvalue weighted by molar-refractivity contribution is 0.0690. The number of benzene rings is 1. The molecule has 5 aliphatic heterocycles. The Morgan fingerprint density at radius 3 is 1.33 bits per heavy atom. The second-order valence-corrected chi connectivity index (χ2v) is 20.5. The number of nitrogens with one attached hydrogen (secondary N) is 3. The van der Waals surface area contributed by atoms with Crippen LogP contribution in [-0.4, -0.2) is 116 Å². The number of pyridine rings is 1. The van der Waals surface area contributed by atoms with Gasteiger partial charge in [-0.3, -0.25) is 9.88 Å². The minimum Gasteiger partial charge on any atom is -0.317 e. The first-order valence-electron chi connectivity index (χ1n) is 24.1. The van der Waals surface area contributed by atoms with Crippen molar-refractivity contribution in [3.05, 3.63) is 42.1 Å². The highest BCUT2D eigenvalue weighted by Crippen LogP contribution is 2.45. The van der Waals surface area contributed by atoms with Gasteiger partial charge in [-0.15, -0.1) is 0 Å². The molecule has 7 nitrogen and oxygen atoms in total. The van der Waals surface area contributed by atoms with E-state index < -0.39 is 0 Å². The monoisotopic (exact) mass is 810 g/mol. The Labute approximate surface area is 362 Å². The number of rotatable bonds is 3. The van der Waals surface area contributed by atoms with Crippen LogP contribution in [0.3, 0.4) is 0 Å². The molecule has 0 amide bonds. The van der Waals surface area contributed by atoms with E-state index >= 15 is 0 Å². The van der Waals surface area contributed by atoms with Crippen LogP contribution in [0, 0.1) is 23.7 Å². The summed E-state index contributed by atoms with van der Waals surface area (Å²) in [7, 11) is 0. The van der Waals surface area contributed by atoms with Gasteiger partial charge in [-0.1, -0.05) is 80.0 Å². The molecule has 6 heterocycles. The third-order valence-electron chi connectivity index (χ3n) is 10.9. The highest BCUT2D eigenvalue weighted by Gasteiger charge is 2.45. The van der Waals surface area contributed by atoms with Gasteiger partial charge in [0.25, 0.3) is 0 Å². The fourth-order valence-electron chi connectivity index (χ4n) is 7.14. The van der Waals surface area contributed by atoms with Crippen LogP contribution in [0.5, 0.6) is 0 Å². The Morgan fingerprint density at radius 2 is 1.03 bits per heavy atom. The number of aromatic nitrogens is 1. The quantitative estimate of drug-likeness (QED) is 0.285. The Morgan fingerprint density at radius 1 is 0.552 bits per heavy atom. The lowest BCUT2D eigenvalue weighted by atomic mass is 9.98. The van der Waals surface area contributed by atoms with Gasteiger partial charge in [-0.2, -0.15) is 0 Å². The lowest BCUT2D eigenvalue weighted by Gasteiger charge is -2.42. The highest BCUT2D eigenvalue weighted by molar-refractivity contribution is 5.82. The summed E-state index contributed by atoms with van der Waals surface area (Å²) in [4.78, 5) is 11.9. The van der Waals surface area contributed by atoms with Crippen LogP contribution >= 0.6 is 0 Å². The summed E-state index contributed by atoms with van der Waals surface area (Å²) in [5.74, 6) is 4.44. The van der Waals surface area contributed by atoms with Gasteiger partial charge in [-0.25, -0.2) is 0 Å². The first-order valence-corrected chi connectivity index (χ1v) is 24.1. The van der Waals surface area contributed by atoms with E-state index in [1.807, 2.05) is 12.3 Å². The van der Waals surface area contributed by atoms with E-state index in [-0.39, 0.29) is 0 Å². The van der Waals surface area contributed by atoms with E-state index in [0.29, 0.717) is 11.5 Å². The summed E-state index contributed by atoms with van der Waals surface area (Å²) in [6.07, 6.45) is 11.8. The van der Waals surface area contributed by atoms with Crippen molar-refractivity contribution in [2.75, 3.05) is 78.5 Å². The smallest absolute Gasteiger partial charge is 0.0704 e. The van der Waals surface area contributed by atoms with Gasteiger partial charge in [0.2, 0.25) is 0 Å². The van der Waals surface area contributed by atoms with Gasteiger partial charge >= 0.3 is 0 Å². The van der Waals surface area contributed by atoms with Gasteiger partial charge in [0.15, 0.2) is 0 Å². The molecule has 1 saturated carbocycles. The van der Waals surface area contributed by atoms with Crippen molar-refractivity contribution in [3.8, 4) is 0 Å². The average Bonchev–Trinajstić information content (AvgIpc) is 3.48. The van der Waals surface area contributed by atoms with Crippen molar-refractivity contribution >= 4 is 10.9 Å². The maximum Gasteiger partial charge on any atom is 0.0704 e. The molecule has 1 aromatic heterocycles. The Kier molecular flexibility index (Phi) is 29.3. The van der Waals surface area contributed by atoms with Crippen molar-refractivity contribution in [1.82, 2.24) is 35.6 Å². The van der Waals surface area contributed by atoms with E-state index in [2.05, 4.69) is 164 Å². The third-order valence-corrected chi connectivity index (χ3v) is 10.9. The topological polar surface area (TPSA) is 58.7 Å².